The zero-order chi connectivity index (χ0) is 13.1. The summed E-state index contributed by atoms with van der Waals surface area (Å²) < 4.78 is 7.33. The molecule has 0 N–H and O–H groups in total. The van der Waals surface area contributed by atoms with Crippen LogP contribution in [-0.4, -0.2) is 6.10 Å². The number of alkyl halides is 1. The van der Waals surface area contributed by atoms with Crippen molar-refractivity contribution in [3.05, 3.63) is 28.2 Å². The predicted molar refractivity (Wildman–Crippen MR) is 83.4 cm³/mol. The number of halogens is 2. The molecule has 2 unspecified atom stereocenters. The van der Waals surface area contributed by atoms with E-state index in [4.69, 9.17) is 4.74 Å². The summed E-state index contributed by atoms with van der Waals surface area (Å²) in [6, 6.07) is 6.22. The van der Waals surface area contributed by atoms with Crippen molar-refractivity contribution >= 4 is 31.9 Å². The molecule has 1 saturated carbocycles. The van der Waals surface area contributed by atoms with Gasteiger partial charge in [-0.3, -0.25) is 0 Å². The summed E-state index contributed by atoms with van der Waals surface area (Å²) in [7, 11) is 0. The topological polar surface area (TPSA) is 9.23 Å². The van der Waals surface area contributed by atoms with E-state index in [-0.39, 0.29) is 0 Å². The predicted octanol–water partition coefficient (Wildman–Crippen LogP) is 5.55. The third-order valence-corrected chi connectivity index (χ3v) is 4.84. The number of benzene rings is 1. The first kappa shape index (κ1) is 14.4. The summed E-state index contributed by atoms with van der Waals surface area (Å²) in [5.41, 5.74) is 1.22. The van der Waals surface area contributed by atoms with Crippen LogP contribution in [0.25, 0.3) is 0 Å². The first-order valence-corrected chi connectivity index (χ1v) is 8.51. The average molecular weight is 376 g/mol. The first-order chi connectivity index (χ1) is 8.60. The summed E-state index contributed by atoms with van der Waals surface area (Å²) >= 11 is 7.13. The number of hydrogen-bond donors (Lipinski definition) is 0. The Balaban J connectivity index is 2.13. The minimum Gasteiger partial charge on any atom is -0.489 e. The molecule has 0 amide bonds. The lowest BCUT2D eigenvalue weighted by Crippen LogP contribution is -2.28. The van der Waals surface area contributed by atoms with Gasteiger partial charge in [0.1, 0.15) is 5.75 Å². The Morgan fingerprint density at radius 2 is 1.83 bits per heavy atom. The first-order valence-electron chi connectivity index (χ1n) is 6.60. The van der Waals surface area contributed by atoms with Crippen LogP contribution < -0.4 is 4.74 Å². The molecule has 18 heavy (non-hydrogen) atoms. The molecule has 2 rings (SSSR count). The Bertz CT molecular complexity index is 395. The highest BCUT2D eigenvalue weighted by Crippen LogP contribution is 2.36. The van der Waals surface area contributed by atoms with Gasteiger partial charge in [0.05, 0.1) is 10.6 Å². The summed E-state index contributed by atoms with van der Waals surface area (Å²) in [6.07, 6.45) is 4.04. The summed E-state index contributed by atoms with van der Waals surface area (Å²) in [6.45, 7) is 4.66. The molecule has 0 aromatic heterocycles. The second-order valence-corrected chi connectivity index (χ2v) is 6.93. The normalized spacial score (nSPS) is 28.1. The molecule has 1 aromatic carbocycles. The van der Waals surface area contributed by atoms with Crippen LogP contribution in [0.1, 0.15) is 38.7 Å². The molecule has 2 atom stereocenters. The summed E-state index contributed by atoms with van der Waals surface area (Å²) in [4.78, 5) is 0. The molecule has 0 spiro atoms. The summed E-state index contributed by atoms with van der Waals surface area (Å²) in [5.74, 6) is 2.56. The smallest absolute Gasteiger partial charge is 0.137 e. The fourth-order valence-corrected chi connectivity index (χ4v) is 3.87. The van der Waals surface area contributed by atoms with Crippen LogP contribution in [0, 0.1) is 11.8 Å². The van der Waals surface area contributed by atoms with Gasteiger partial charge in [0.2, 0.25) is 0 Å². The molecule has 0 aliphatic heterocycles. The lowest BCUT2D eigenvalue weighted by atomic mass is 9.82. The van der Waals surface area contributed by atoms with Gasteiger partial charge >= 0.3 is 0 Å². The molecule has 1 aliphatic carbocycles. The number of ether oxygens (including phenoxy) is 1. The molecule has 1 nitrogen and oxygen atoms in total. The number of hydrogen-bond acceptors (Lipinski definition) is 1. The van der Waals surface area contributed by atoms with Crippen molar-refractivity contribution in [3.63, 3.8) is 0 Å². The van der Waals surface area contributed by atoms with Crippen molar-refractivity contribution < 1.29 is 4.74 Å². The summed E-state index contributed by atoms with van der Waals surface area (Å²) in [5, 5.41) is 0.833. The second-order valence-electron chi connectivity index (χ2n) is 5.52. The second kappa shape index (κ2) is 6.42. The van der Waals surface area contributed by atoms with E-state index < -0.39 is 0 Å². The molecule has 1 aromatic rings. The maximum atomic E-state index is 6.27. The standard InChI is InChI=1S/C15H20Br2O/c1-10-6-11(2)8-13(7-10)18-15-12(9-16)4-3-5-14(15)17/h3-5,10-11,13H,6-9H2,1-2H3. The molecule has 0 radical (unpaired) electrons. The van der Waals surface area contributed by atoms with Gasteiger partial charge in [-0.2, -0.15) is 0 Å². The molecule has 0 bridgehead atoms. The molecule has 0 saturated heterocycles. The quantitative estimate of drug-likeness (QED) is 0.629. The minimum atomic E-state index is 0.361. The zero-order valence-electron chi connectivity index (χ0n) is 11.0. The molecular formula is C15H20Br2O. The van der Waals surface area contributed by atoms with Gasteiger partial charge in [0, 0.05) is 10.9 Å². The highest BCUT2D eigenvalue weighted by molar-refractivity contribution is 9.10. The van der Waals surface area contributed by atoms with E-state index in [9.17, 15) is 0 Å². The van der Waals surface area contributed by atoms with E-state index >= 15 is 0 Å². The lowest BCUT2D eigenvalue weighted by molar-refractivity contribution is 0.0996. The van der Waals surface area contributed by atoms with E-state index in [1.807, 2.05) is 0 Å². The fraction of sp³-hybridized carbons (Fsp3) is 0.600. The van der Waals surface area contributed by atoms with E-state index in [0.717, 1.165) is 27.4 Å². The minimum absolute atomic E-state index is 0.361. The number of para-hydroxylation sites is 1. The third-order valence-electron chi connectivity index (χ3n) is 3.61. The van der Waals surface area contributed by atoms with Gasteiger partial charge in [0.15, 0.2) is 0 Å². The Hall–Kier alpha value is -0.0200. The van der Waals surface area contributed by atoms with Crippen LogP contribution in [0.15, 0.2) is 22.7 Å². The molecule has 3 heteroatoms. The van der Waals surface area contributed by atoms with Gasteiger partial charge in [0.25, 0.3) is 0 Å². The van der Waals surface area contributed by atoms with Gasteiger partial charge in [-0.25, -0.2) is 0 Å². The Labute approximate surface area is 127 Å². The van der Waals surface area contributed by atoms with Crippen LogP contribution >= 0.6 is 31.9 Å². The lowest BCUT2D eigenvalue weighted by Gasteiger charge is -2.32. The maximum Gasteiger partial charge on any atom is 0.137 e. The Morgan fingerprint density at radius 3 is 2.44 bits per heavy atom. The van der Waals surface area contributed by atoms with E-state index in [2.05, 4.69) is 63.9 Å². The van der Waals surface area contributed by atoms with Crippen molar-refractivity contribution in [2.75, 3.05) is 0 Å². The highest BCUT2D eigenvalue weighted by Gasteiger charge is 2.26. The molecular weight excluding hydrogens is 356 g/mol. The van der Waals surface area contributed by atoms with Crippen molar-refractivity contribution in [1.82, 2.24) is 0 Å². The SMILES string of the molecule is CC1CC(C)CC(Oc2c(Br)cccc2CBr)C1. The van der Waals surface area contributed by atoms with Crippen molar-refractivity contribution in [2.24, 2.45) is 11.8 Å². The molecule has 0 heterocycles. The highest BCUT2D eigenvalue weighted by atomic mass is 79.9. The van der Waals surface area contributed by atoms with E-state index in [1.165, 1.54) is 24.8 Å². The Kier molecular flexibility index (Phi) is 5.14. The van der Waals surface area contributed by atoms with Crippen molar-refractivity contribution in [3.8, 4) is 5.75 Å². The molecule has 100 valence electrons. The van der Waals surface area contributed by atoms with E-state index in [1.54, 1.807) is 0 Å². The number of rotatable bonds is 3. The van der Waals surface area contributed by atoms with Crippen LogP contribution in [0.2, 0.25) is 0 Å². The molecule has 1 fully saturated rings. The third kappa shape index (κ3) is 3.51. The van der Waals surface area contributed by atoms with Gasteiger partial charge in [-0.15, -0.1) is 0 Å². The van der Waals surface area contributed by atoms with Crippen LogP contribution in [0.3, 0.4) is 0 Å². The van der Waals surface area contributed by atoms with Gasteiger partial charge in [-0.1, -0.05) is 41.9 Å². The average Bonchev–Trinajstić information content (AvgIpc) is 2.30. The van der Waals surface area contributed by atoms with Crippen molar-refractivity contribution in [2.45, 2.75) is 44.5 Å². The van der Waals surface area contributed by atoms with Gasteiger partial charge < -0.3 is 4.74 Å². The van der Waals surface area contributed by atoms with Crippen LogP contribution in [0.5, 0.6) is 5.75 Å². The zero-order valence-corrected chi connectivity index (χ0v) is 14.1. The monoisotopic (exact) mass is 374 g/mol. The molecule has 1 aliphatic rings. The Morgan fingerprint density at radius 1 is 1.17 bits per heavy atom. The van der Waals surface area contributed by atoms with Crippen LogP contribution in [0.4, 0.5) is 0 Å². The maximum absolute atomic E-state index is 6.27. The largest absolute Gasteiger partial charge is 0.489 e. The van der Waals surface area contributed by atoms with Crippen molar-refractivity contribution in [1.29, 1.82) is 0 Å². The fourth-order valence-electron chi connectivity index (χ4n) is 2.93. The van der Waals surface area contributed by atoms with E-state index in [0.29, 0.717) is 6.10 Å². The van der Waals surface area contributed by atoms with Gasteiger partial charge in [-0.05, 0) is 53.1 Å². The van der Waals surface area contributed by atoms with Crippen LogP contribution in [-0.2, 0) is 5.33 Å².